The zero-order valence-electron chi connectivity index (χ0n) is 14.7. The van der Waals surface area contributed by atoms with Gasteiger partial charge in [0.2, 0.25) is 0 Å². The van der Waals surface area contributed by atoms with Crippen LogP contribution in [0.25, 0.3) is 0 Å². The fourth-order valence-corrected chi connectivity index (χ4v) is 2.11. The summed E-state index contributed by atoms with van der Waals surface area (Å²) in [4.78, 5) is 23.8. The van der Waals surface area contributed by atoms with Crippen LogP contribution in [0.2, 0.25) is 0 Å². The number of nitrogens with one attached hydrogen (secondary N) is 1. The molecule has 1 heterocycles. The number of ether oxygens (including phenoxy) is 2. The second kappa shape index (κ2) is 9.03. The average molecular weight is 345 g/mol. The van der Waals surface area contributed by atoms with E-state index in [-0.39, 0.29) is 24.7 Å². The van der Waals surface area contributed by atoms with Crippen molar-refractivity contribution in [3.63, 3.8) is 0 Å². The van der Waals surface area contributed by atoms with Crippen LogP contribution in [0, 0.1) is 0 Å². The molecule has 0 aliphatic carbocycles. The fraction of sp³-hybridized carbons (Fsp3) is 0.368. The lowest BCUT2D eigenvalue weighted by Gasteiger charge is -2.12. The van der Waals surface area contributed by atoms with Crippen molar-refractivity contribution in [1.82, 2.24) is 5.32 Å². The average Bonchev–Trinajstić information content (AvgIpc) is 3.13. The van der Waals surface area contributed by atoms with E-state index >= 15 is 0 Å². The van der Waals surface area contributed by atoms with Crippen LogP contribution in [0.4, 0.5) is 0 Å². The van der Waals surface area contributed by atoms with Crippen molar-refractivity contribution in [2.24, 2.45) is 0 Å². The molecule has 1 amide bonds. The van der Waals surface area contributed by atoms with Crippen molar-refractivity contribution >= 4 is 11.9 Å². The normalized spacial score (nSPS) is 12.0. The molecule has 1 atom stereocenters. The van der Waals surface area contributed by atoms with Crippen molar-refractivity contribution in [1.29, 1.82) is 0 Å². The minimum atomic E-state index is -0.544. The van der Waals surface area contributed by atoms with Crippen molar-refractivity contribution in [3.05, 3.63) is 59.5 Å². The highest BCUT2D eigenvalue weighted by Crippen LogP contribution is 2.12. The number of carbonyl (C=O) groups is 2. The van der Waals surface area contributed by atoms with Crippen LogP contribution < -0.4 is 5.32 Å². The minimum absolute atomic E-state index is 0.145. The van der Waals surface area contributed by atoms with E-state index in [1.165, 1.54) is 6.26 Å². The van der Waals surface area contributed by atoms with Crippen molar-refractivity contribution < 1.29 is 23.5 Å². The molecule has 134 valence electrons. The molecule has 0 bridgehead atoms. The van der Waals surface area contributed by atoms with E-state index in [2.05, 4.69) is 5.32 Å². The minimum Gasteiger partial charge on any atom is -0.467 e. The Kier molecular flexibility index (Phi) is 6.77. The van der Waals surface area contributed by atoms with Gasteiger partial charge in [0.1, 0.15) is 5.76 Å². The van der Waals surface area contributed by atoms with Crippen molar-refractivity contribution in [2.75, 3.05) is 6.61 Å². The highest BCUT2D eigenvalue weighted by molar-refractivity contribution is 5.91. The summed E-state index contributed by atoms with van der Waals surface area (Å²) in [6.45, 7) is 5.85. The molecule has 2 rings (SSSR count). The van der Waals surface area contributed by atoms with E-state index in [1.807, 2.05) is 13.8 Å². The van der Waals surface area contributed by atoms with E-state index in [1.54, 1.807) is 43.3 Å². The van der Waals surface area contributed by atoms with E-state index in [9.17, 15) is 9.59 Å². The number of amides is 1. The summed E-state index contributed by atoms with van der Waals surface area (Å²) >= 11 is 0. The Labute approximate surface area is 147 Å². The molecule has 0 radical (unpaired) electrons. The number of carbonyl (C=O) groups excluding carboxylic acids is 2. The summed E-state index contributed by atoms with van der Waals surface area (Å²) in [6.07, 6.45) is 1.68. The van der Waals surface area contributed by atoms with Gasteiger partial charge in [-0.2, -0.15) is 0 Å². The first-order chi connectivity index (χ1) is 12.0. The van der Waals surface area contributed by atoms with Gasteiger partial charge in [-0.05, 0) is 50.6 Å². The Morgan fingerprint density at radius 1 is 1.12 bits per heavy atom. The van der Waals surface area contributed by atoms with E-state index in [0.717, 1.165) is 5.56 Å². The van der Waals surface area contributed by atoms with Gasteiger partial charge in [-0.15, -0.1) is 0 Å². The topological polar surface area (TPSA) is 77.8 Å². The maximum Gasteiger partial charge on any atom is 0.338 e. The largest absolute Gasteiger partial charge is 0.467 e. The summed E-state index contributed by atoms with van der Waals surface area (Å²) in [5.74, 6) is -0.296. The second-order valence-corrected chi connectivity index (χ2v) is 5.94. The zero-order valence-corrected chi connectivity index (χ0v) is 14.7. The van der Waals surface area contributed by atoms with Crippen LogP contribution in [-0.2, 0) is 20.9 Å². The predicted octanol–water partition coefficient (Wildman–Crippen LogP) is 3.24. The van der Waals surface area contributed by atoms with Crippen molar-refractivity contribution in [2.45, 2.75) is 39.5 Å². The molecule has 6 nitrogen and oxygen atoms in total. The highest BCUT2D eigenvalue weighted by atomic mass is 16.5. The van der Waals surface area contributed by atoms with Gasteiger partial charge in [-0.3, -0.25) is 4.79 Å². The van der Waals surface area contributed by atoms with E-state index in [0.29, 0.717) is 17.9 Å². The number of benzene rings is 1. The molecule has 0 aliphatic rings. The Hall–Kier alpha value is -2.60. The molecule has 1 N–H and O–H groups in total. The SMILES string of the molecule is CC(C)OCc1ccc(C(=O)OCC(=O)N[C@H](C)c2ccco2)cc1. The summed E-state index contributed by atoms with van der Waals surface area (Å²) in [5.41, 5.74) is 1.36. The molecule has 1 aromatic heterocycles. The van der Waals surface area contributed by atoms with Crippen molar-refractivity contribution in [3.8, 4) is 0 Å². The molecule has 25 heavy (non-hydrogen) atoms. The Morgan fingerprint density at radius 3 is 2.44 bits per heavy atom. The molecule has 1 aromatic carbocycles. The van der Waals surface area contributed by atoms with Gasteiger partial charge in [0.25, 0.3) is 5.91 Å². The first kappa shape index (κ1) is 18.7. The van der Waals surface area contributed by atoms with Crippen LogP contribution in [0.5, 0.6) is 0 Å². The lowest BCUT2D eigenvalue weighted by molar-refractivity contribution is -0.125. The summed E-state index contributed by atoms with van der Waals surface area (Å²) < 4.78 is 15.7. The van der Waals surface area contributed by atoms with Gasteiger partial charge in [-0.1, -0.05) is 12.1 Å². The number of rotatable bonds is 8. The number of hydrogen-bond donors (Lipinski definition) is 1. The molecule has 2 aromatic rings. The summed E-state index contributed by atoms with van der Waals surface area (Å²) in [6, 6.07) is 10.1. The maximum atomic E-state index is 12.0. The third-order valence-electron chi connectivity index (χ3n) is 3.45. The molecule has 0 saturated heterocycles. The lowest BCUT2D eigenvalue weighted by atomic mass is 10.1. The van der Waals surface area contributed by atoms with Crippen LogP contribution in [-0.4, -0.2) is 24.6 Å². The molecule has 0 unspecified atom stereocenters. The van der Waals surface area contributed by atoms with Crippen LogP contribution in [0.1, 0.15) is 48.5 Å². The molecule has 0 spiro atoms. The van der Waals surface area contributed by atoms with Gasteiger partial charge >= 0.3 is 5.97 Å². The number of furan rings is 1. The molecular formula is C19H23NO5. The smallest absolute Gasteiger partial charge is 0.338 e. The highest BCUT2D eigenvalue weighted by Gasteiger charge is 2.14. The monoisotopic (exact) mass is 345 g/mol. The lowest BCUT2D eigenvalue weighted by Crippen LogP contribution is -2.30. The molecule has 6 heteroatoms. The fourth-order valence-electron chi connectivity index (χ4n) is 2.11. The standard InChI is InChI=1S/C19H23NO5/c1-13(2)24-11-15-6-8-16(9-7-15)19(22)25-12-18(21)20-14(3)17-5-4-10-23-17/h4-10,13-14H,11-12H2,1-3H3,(H,20,21)/t14-/m1/s1. The van der Waals surface area contributed by atoms with Gasteiger partial charge < -0.3 is 19.2 Å². The van der Waals surface area contributed by atoms with Gasteiger partial charge in [0.15, 0.2) is 6.61 Å². The second-order valence-electron chi connectivity index (χ2n) is 5.94. The van der Waals surface area contributed by atoms with E-state index < -0.39 is 5.97 Å². The maximum absolute atomic E-state index is 12.0. The third kappa shape index (κ3) is 6.08. The van der Waals surface area contributed by atoms with Crippen LogP contribution in [0.3, 0.4) is 0 Å². The number of hydrogen-bond acceptors (Lipinski definition) is 5. The summed E-state index contributed by atoms with van der Waals surface area (Å²) in [7, 11) is 0. The Morgan fingerprint density at radius 2 is 1.84 bits per heavy atom. The van der Waals surface area contributed by atoms with Crippen LogP contribution in [0.15, 0.2) is 47.1 Å². The first-order valence-corrected chi connectivity index (χ1v) is 8.16. The van der Waals surface area contributed by atoms with Gasteiger partial charge in [0, 0.05) is 0 Å². The zero-order chi connectivity index (χ0) is 18.2. The Bertz CT molecular complexity index is 676. The summed E-state index contributed by atoms with van der Waals surface area (Å²) in [5, 5.41) is 2.70. The number of esters is 1. The Balaban J connectivity index is 1.78. The van der Waals surface area contributed by atoms with Gasteiger partial charge in [0.05, 0.1) is 30.6 Å². The van der Waals surface area contributed by atoms with Gasteiger partial charge in [-0.25, -0.2) is 4.79 Å². The molecular weight excluding hydrogens is 322 g/mol. The first-order valence-electron chi connectivity index (χ1n) is 8.16. The van der Waals surface area contributed by atoms with E-state index in [4.69, 9.17) is 13.9 Å². The van der Waals surface area contributed by atoms with Crippen LogP contribution >= 0.6 is 0 Å². The molecule has 0 fully saturated rings. The molecule has 0 saturated carbocycles. The predicted molar refractivity (Wildman–Crippen MR) is 91.9 cm³/mol. The third-order valence-corrected chi connectivity index (χ3v) is 3.45. The quantitative estimate of drug-likeness (QED) is 0.743. The molecule has 0 aliphatic heterocycles.